The highest BCUT2D eigenvalue weighted by atomic mass is 35.5. The van der Waals surface area contributed by atoms with Gasteiger partial charge in [-0.3, -0.25) is 14.5 Å². The predicted octanol–water partition coefficient (Wildman–Crippen LogP) is 3.70. The normalized spacial score (nSPS) is 15.2. The molecule has 0 radical (unpaired) electrons. The van der Waals surface area contributed by atoms with Gasteiger partial charge in [-0.1, -0.05) is 35.9 Å². The molecule has 0 aromatic heterocycles. The summed E-state index contributed by atoms with van der Waals surface area (Å²) in [6, 6.07) is 15.0. The van der Waals surface area contributed by atoms with E-state index in [0.29, 0.717) is 11.3 Å². The van der Waals surface area contributed by atoms with E-state index in [4.69, 9.17) is 16.3 Å². The first-order valence-corrected chi connectivity index (χ1v) is 9.87. The number of halogens is 1. The third-order valence-corrected chi connectivity index (χ3v) is 5.13. The molecule has 1 heterocycles. The van der Waals surface area contributed by atoms with Gasteiger partial charge >= 0.3 is 0 Å². The fraction of sp³-hybridized carbons (Fsp3) is 0.364. The summed E-state index contributed by atoms with van der Waals surface area (Å²) in [5.41, 5.74) is 1.82. The molecule has 1 amide bonds. The summed E-state index contributed by atoms with van der Waals surface area (Å²) in [6.07, 6.45) is 1.83. The Morgan fingerprint density at radius 3 is 2.54 bits per heavy atom. The molecule has 1 aliphatic rings. The van der Waals surface area contributed by atoms with E-state index in [2.05, 4.69) is 22.3 Å². The second-order valence-electron chi connectivity index (χ2n) is 7.12. The van der Waals surface area contributed by atoms with Crippen molar-refractivity contribution in [2.45, 2.75) is 32.4 Å². The fourth-order valence-electron chi connectivity index (χ4n) is 3.31. The molecule has 3 rings (SSSR count). The van der Waals surface area contributed by atoms with Crippen LogP contribution >= 0.6 is 11.6 Å². The Bertz CT molecular complexity index is 815. The van der Waals surface area contributed by atoms with Crippen LogP contribution in [0.1, 0.15) is 35.7 Å². The van der Waals surface area contributed by atoms with Crippen molar-refractivity contribution in [1.29, 1.82) is 0 Å². The Balaban J connectivity index is 1.39. The number of likely N-dealkylation sites (tertiary alicyclic amines) is 1. The topological polar surface area (TPSA) is 58.6 Å². The quantitative estimate of drug-likeness (QED) is 0.720. The van der Waals surface area contributed by atoms with Crippen LogP contribution in [0.15, 0.2) is 48.5 Å². The Labute approximate surface area is 170 Å². The van der Waals surface area contributed by atoms with E-state index < -0.39 is 0 Å². The standard InChI is InChI=1S/C22H25ClN2O3/c1-16(26)18-3-2-4-21(13-18)28-15-22(27)24-20-9-11-25(12-10-20)14-17-5-7-19(23)8-6-17/h2-8,13,20H,9-12,14-15H2,1H3,(H,24,27). The van der Waals surface area contributed by atoms with E-state index in [1.165, 1.54) is 12.5 Å². The van der Waals surface area contributed by atoms with Crippen molar-refractivity contribution in [3.63, 3.8) is 0 Å². The van der Waals surface area contributed by atoms with Crippen molar-refractivity contribution in [3.8, 4) is 5.75 Å². The maximum atomic E-state index is 12.2. The van der Waals surface area contributed by atoms with Gasteiger partial charge in [0.1, 0.15) is 5.75 Å². The van der Waals surface area contributed by atoms with Crippen LogP contribution in [0.25, 0.3) is 0 Å². The molecule has 1 N–H and O–H groups in total. The number of hydrogen-bond donors (Lipinski definition) is 1. The largest absolute Gasteiger partial charge is 0.484 e. The van der Waals surface area contributed by atoms with Gasteiger partial charge in [0.05, 0.1) is 0 Å². The van der Waals surface area contributed by atoms with Gasteiger partial charge in [-0.15, -0.1) is 0 Å². The number of piperidine rings is 1. The third kappa shape index (κ3) is 6.08. The smallest absolute Gasteiger partial charge is 0.258 e. The van der Waals surface area contributed by atoms with E-state index in [-0.39, 0.29) is 24.3 Å². The minimum Gasteiger partial charge on any atom is -0.484 e. The molecule has 0 unspecified atom stereocenters. The van der Waals surface area contributed by atoms with Gasteiger partial charge in [-0.25, -0.2) is 0 Å². The van der Waals surface area contributed by atoms with Gasteiger partial charge in [0, 0.05) is 36.3 Å². The maximum Gasteiger partial charge on any atom is 0.258 e. The number of nitrogens with one attached hydrogen (secondary N) is 1. The van der Waals surface area contributed by atoms with Crippen molar-refractivity contribution in [1.82, 2.24) is 10.2 Å². The van der Waals surface area contributed by atoms with Crippen LogP contribution < -0.4 is 10.1 Å². The summed E-state index contributed by atoms with van der Waals surface area (Å²) >= 11 is 5.93. The number of ketones is 1. The predicted molar refractivity (Wildman–Crippen MR) is 110 cm³/mol. The summed E-state index contributed by atoms with van der Waals surface area (Å²) in [6.45, 7) is 4.23. The van der Waals surface area contributed by atoms with Gasteiger partial charge in [-0.2, -0.15) is 0 Å². The molecule has 28 heavy (non-hydrogen) atoms. The number of amides is 1. The molecule has 0 saturated carbocycles. The molecule has 5 nitrogen and oxygen atoms in total. The fourth-order valence-corrected chi connectivity index (χ4v) is 3.43. The van der Waals surface area contributed by atoms with Gasteiger partial charge in [0.15, 0.2) is 12.4 Å². The maximum absolute atomic E-state index is 12.2. The number of benzene rings is 2. The Kier molecular flexibility index (Phi) is 7.06. The minimum atomic E-state index is -0.135. The van der Waals surface area contributed by atoms with Crippen molar-refractivity contribution in [3.05, 3.63) is 64.7 Å². The number of nitrogens with zero attached hydrogens (tertiary/aromatic N) is 1. The zero-order valence-corrected chi connectivity index (χ0v) is 16.7. The summed E-state index contributed by atoms with van der Waals surface area (Å²) < 4.78 is 5.52. The highest BCUT2D eigenvalue weighted by Crippen LogP contribution is 2.16. The van der Waals surface area contributed by atoms with Crippen molar-refractivity contribution in [2.24, 2.45) is 0 Å². The van der Waals surface area contributed by atoms with Crippen LogP contribution in [0.2, 0.25) is 5.02 Å². The lowest BCUT2D eigenvalue weighted by atomic mass is 10.0. The number of hydrogen-bond acceptors (Lipinski definition) is 4. The molecule has 0 aliphatic carbocycles. The van der Waals surface area contributed by atoms with Gasteiger partial charge in [-0.05, 0) is 49.6 Å². The Morgan fingerprint density at radius 1 is 1.14 bits per heavy atom. The first-order chi connectivity index (χ1) is 13.5. The molecule has 0 spiro atoms. The van der Waals surface area contributed by atoms with Crippen LogP contribution in [-0.2, 0) is 11.3 Å². The summed E-state index contributed by atoms with van der Waals surface area (Å²) in [5.74, 6) is 0.366. The van der Waals surface area contributed by atoms with Crippen LogP contribution in [0.4, 0.5) is 0 Å². The van der Waals surface area contributed by atoms with Gasteiger partial charge in [0.25, 0.3) is 5.91 Å². The number of rotatable bonds is 7. The molecule has 6 heteroatoms. The molecule has 2 aromatic carbocycles. The minimum absolute atomic E-state index is 0.0275. The second kappa shape index (κ2) is 9.71. The van der Waals surface area contributed by atoms with Gasteiger partial charge in [0.2, 0.25) is 0 Å². The van der Waals surface area contributed by atoms with Crippen molar-refractivity contribution < 1.29 is 14.3 Å². The van der Waals surface area contributed by atoms with Crippen molar-refractivity contribution >= 4 is 23.3 Å². The van der Waals surface area contributed by atoms with E-state index >= 15 is 0 Å². The molecular formula is C22H25ClN2O3. The number of Topliss-reactive ketones (excluding diaryl/α,β-unsaturated/α-hetero) is 1. The average molecular weight is 401 g/mol. The monoisotopic (exact) mass is 400 g/mol. The summed E-state index contributed by atoms with van der Waals surface area (Å²) in [5, 5.41) is 3.79. The van der Waals surface area contributed by atoms with E-state index in [1.807, 2.05) is 12.1 Å². The van der Waals surface area contributed by atoms with E-state index in [0.717, 1.165) is 37.5 Å². The zero-order chi connectivity index (χ0) is 19.9. The molecule has 1 saturated heterocycles. The summed E-state index contributed by atoms with van der Waals surface area (Å²) in [7, 11) is 0. The van der Waals surface area contributed by atoms with E-state index in [1.54, 1.807) is 24.3 Å². The molecule has 0 atom stereocenters. The van der Waals surface area contributed by atoms with Crippen LogP contribution in [0, 0.1) is 0 Å². The van der Waals surface area contributed by atoms with Crippen LogP contribution in [0.3, 0.4) is 0 Å². The Hall–Kier alpha value is -2.37. The molecule has 0 bridgehead atoms. The number of ether oxygens (including phenoxy) is 1. The highest BCUT2D eigenvalue weighted by molar-refractivity contribution is 6.30. The number of carbonyl (C=O) groups is 2. The lowest BCUT2D eigenvalue weighted by Crippen LogP contribution is -2.45. The Morgan fingerprint density at radius 2 is 1.86 bits per heavy atom. The molecule has 2 aromatic rings. The average Bonchev–Trinajstić information content (AvgIpc) is 2.70. The molecule has 1 aliphatic heterocycles. The lowest BCUT2D eigenvalue weighted by molar-refractivity contribution is -0.124. The zero-order valence-electron chi connectivity index (χ0n) is 16.0. The SMILES string of the molecule is CC(=O)c1cccc(OCC(=O)NC2CCN(Cc3ccc(Cl)cc3)CC2)c1. The summed E-state index contributed by atoms with van der Waals surface area (Å²) in [4.78, 5) is 26.0. The number of carbonyl (C=O) groups excluding carboxylic acids is 2. The highest BCUT2D eigenvalue weighted by Gasteiger charge is 2.21. The first-order valence-electron chi connectivity index (χ1n) is 9.49. The van der Waals surface area contributed by atoms with E-state index in [9.17, 15) is 9.59 Å². The molecule has 148 valence electrons. The molecule has 1 fully saturated rings. The van der Waals surface area contributed by atoms with Crippen LogP contribution in [-0.4, -0.2) is 42.3 Å². The van der Waals surface area contributed by atoms with Crippen molar-refractivity contribution in [2.75, 3.05) is 19.7 Å². The van der Waals surface area contributed by atoms with Gasteiger partial charge < -0.3 is 10.1 Å². The second-order valence-corrected chi connectivity index (χ2v) is 7.55. The third-order valence-electron chi connectivity index (χ3n) is 4.88. The van der Waals surface area contributed by atoms with Crippen LogP contribution in [0.5, 0.6) is 5.75 Å². The lowest BCUT2D eigenvalue weighted by Gasteiger charge is -2.32. The first kappa shape index (κ1) is 20.4. The molecular weight excluding hydrogens is 376 g/mol.